The Labute approximate surface area is 232 Å². The van der Waals surface area contributed by atoms with Crippen molar-refractivity contribution in [2.45, 2.75) is 64.3 Å². The Morgan fingerprint density at radius 2 is 1.82 bits per heavy atom. The van der Waals surface area contributed by atoms with Crippen LogP contribution in [-0.4, -0.2) is 54.8 Å². The number of anilines is 2. The molecule has 9 nitrogen and oxygen atoms in total. The molecule has 0 radical (unpaired) electrons. The molecule has 0 spiro atoms. The van der Waals surface area contributed by atoms with Gasteiger partial charge in [-0.25, -0.2) is 9.97 Å². The molecule has 0 saturated heterocycles. The molecule has 5 atom stereocenters. The van der Waals surface area contributed by atoms with Crippen LogP contribution in [0.4, 0.5) is 24.9 Å². The molecular weight excluding hydrogens is 545 g/mol. The minimum atomic E-state index is -4.76. The van der Waals surface area contributed by atoms with Gasteiger partial charge >= 0.3 is 6.36 Å². The van der Waals surface area contributed by atoms with Crippen LogP contribution in [0.2, 0.25) is 0 Å². The number of benzene rings is 1. The summed E-state index contributed by atoms with van der Waals surface area (Å²) in [5, 5.41) is 28.1. The molecule has 3 aromatic heterocycles. The first-order chi connectivity index (χ1) is 19.0. The van der Waals surface area contributed by atoms with Gasteiger partial charge in [-0.05, 0) is 63.3 Å². The molecule has 1 aliphatic carbocycles. The van der Waals surface area contributed by atoms with E-state index >= 15 is 0 Å². The van der Waals surface area contributed by atoms with E-state index in [2.05, 4.69) is 25.3 Å². The summed E-state index contributed by atoms with van der Waals surface area (Å²) in [6.07, 6.45) is -1.55. The Morgan fingerprint density at radius 3 is 2.48 bits per heavy atom. The maximum Gasteiger partial charge on any atom is 0.573 e. The second-order valence-electron chi connectivity index (χ2n) is 9.99. The highest BCUT2D eigenvalue weighted by molar-refractivity contribution is 7.21. The van der Waals surface area contributed by atoms with Gasteiger partial charge in [-0.15, -0.1) is 24.5 Å². The highest BCUT2D eigenvalue weighted by Crippen LogP contribution is 2.38. The van der Waals surface area contributed by atoms with Crippen molar-refractivity contribution in [1.82, 2.24) is 19.9 Å². The van der Waals surface area contributed by atoms with Crippen molar-refractivity contribution < 1.29 is 28.1 Å². The SMILES string of the molecule is Cc1nc(N[C@H](C)c2ccc(OC(F)(F)F)cc2)nc(N[C@@H]2CC(C(C)O)C[C@H]2O)c1-c1nc2cnccc2s1. The number of aliphatic hydroxyl groups is 2. The monoisotopic (exact) mass is 574 g/mol. The Bertz CT molecular complexity index is 1450. The lowest BCUT2D eigenvalue weighted by atomic mass is 10.0. The van der Waals surface area contributed by atoms with Gasteiger partial charge in [-0.1, -0.05) is 12.1 Å². The maximum atomic E-state index is 12.5. The minimum absolute atomic E-state index is 0.0469. The van der Waals surface area contributed by atoms with E-state index in [-0.39, 0.29) is 23.8 Å². The van der Waals surface area contributed by atoms with Crippen LogP contribution in [-0.2, 0) is 0 Å². The van der Waals surface area contributed by atoms with Crippen molar-refractivity contribution in [2.24, 2.45) is 5.92 Å². The van der Waals surface area contributed by atoms with Gasteiger partial charge in [0, 0.05) is 6.20 Å². The molecule has 1 saturated carbocycles. The molecule has 1 aromatic carbocycles. The number of halogens is 3. The summed E-state index contributed by atoms with van der Waals surface area (Å²) in [5.41, 5.74) is 2.80. The first-order valence-corrected chi connectivity index (χ1v) is 13.6. The molecule has 0 aliphatic heterocycles. The third-order valence-corrected chi connectivity index (χ3v) is 8.08. The van der Waals surface area contributed by atoms with Crippen molar-refractivity contribution in [3.05, 3.63) is 54.0 Å². The van der Waals surface area contributed by atoms with Crippen molar-refractivity contribution in [3.8, 4) is 16.3 Å². The van der Waals surface area contributed by atoms with Crippen LogP contribution in [0.5, 0.6) is 5.75 Å². The Kier molecular flexibility index (Phi) is 7.80. The first kappa shape index (κ1) is 28.0. The molecular formula is C27H29F3N6O3S. The number of hydrogen-bond acceptors (Lipinski definition) is 10. The number of fused-ring (bicyclic) bond motifs is 1. The van der Waals surface area contributed by atoms with Crippen molar-refractivity contribution in [2.75, 3.05) is 10.6 Å². The highest BCUT2D eigenvalue weighted by Gasteiger charge is 2.36. The smallest absolute Gasteiger partial charge is 0.406 e. The number of aliphatic hydroxyl groups excluding tert-OH is 2. The van der Waals surface area contributed by atoms with Crippen LogP contribution in [0, 0.1) is 12.8 Å². The van der Waals surface area contributed by atoms with E-state index in [1.54, 1.807) is 31.5 Å². The number of hydrogen-bond donors (Lipinski definition) is 4. The van der Waals surface area contributed by atoms with Gasteiger partial charge in [0.15, 0.2) is 0 Å². The Morgan fingerprint density at radius 1 is 1.07 bits per heavy atom. The van der Waals surface area contributed by atoms with Crippen molar-refractivity contribution in [1.29, 1.82) is 0 Å². The van der Waals surface area contributed by atoms with E-state index < -0.39 is 18.6 Å². The lowest BCUT2D eigenvalue weighted by molar-refractivity contribution is -0.274. The zero-order valence-electron chi connectivity index (χ0n) is 22.0. The van der Waals surface area contributed by atoms with Crippen molar-refractivity contribution in [3.63, 3.8) is 0 Å². The first-order valence-electron chi connectivity index (χ1n) is 12.8. The standard InChI is InChI=1S/C27H29F3N6O3S/c1-13(16-4-6-18(7-5-16)39-27(28,29)30)32-26-33-14(2)23(25-35-20-12-31-9-8-22(20)40-25)24(36-26)34-19-10-17(15(3)37)11-21(19)38/h4-9,12-13,15,17,19,21,37-38H,10-11H2,1-3H3,(H2,32,33,34,36)/t13-,15?,17?,19-,21-/m1/s1. The van der Waals surface area contributed by atoms with Gasteiger partial charge < -0.3 is 25.6 Å². The van der Waals surface area contributed by atoms with Crippen LogP contribution in [0.15, 0.2) is 42.7 Å². The van der Waals surface area contributed by atoms with Gasteiger partial charge in [0.2, 0.25) is 5.95 Å². The Hall–Kier alpha value is -3.55. The quantitative estimate of drug-likeness (QED) is 0.217. The van der Waals surface area contributed by atoms with Crippen LogP contribution < -0.4 is 15.4 Å². The number of rotatable bonds is 8. The number of nitrogens with one attached hydrogen (secondary N) is 2. The summed E-state index contributed by atoms with van der Waals surface area (Å²) in [6, 6.07) is 6.80. The molecule has 2 unspecified atom stereocenters. The summed E-state index contributed by atoms with van der Waals surface area (Å²) in [4.78, 5) is 18.3. The van der Waals surface area contributed by atoms with E-state index in [0.29, 0.717) is 46.4 Å². The third kappa shape index (κ3) is 6.26. The number of aromatic nitrogens is 4. The number of thiazole rings is 1. The maximum absolute atomic E-state index is 12.5. The topological polar surface area (TPSA) is 125 Å². The highest BCUT2D eigenvalue weighted by atomic mass is 32.1. The summed E-state index contributed by atoms with van der Waals surface area (Å²) in [7, 11) is 0. The van der Waals surface area contributed by atoms with E-state index in [1.807, 2.05) is 19.9 Å². The van der Waals surface area contributed by atoms with Gasteiger partial charge in [0.25, 0.3) is 0 Å². The number of alkyl halides is 3. The van der Waals surface area contributed by atoms with Crippen LogP contribution in [0.1, 0.15) is 44.0 Å². The molecule has 1 aliphatic rings. The second kappa shape index (κ2) is 11.1. The van der Waals surface area contributed by atoms with E-state index in [0.717, 1.165) is 10.2 Å². The fourth-order valence-electron chi connectivity index (χ4n) is 4.90. The summed E-state index contributed by atoms with van der Waals surface area (Å²) in [6.45, 7) is 5.41. The predicted molar refractivity (Wildman–Crippen MR) is 146 cm³/mol. The van der Waals surface area contributed by atoms with Gasteiger partial charge in [-0.2, -0.15) is 4.98 Å². The number of ether oxygens (including phenoxy) is 1. The molecule has 0 amide bonds. The van der Waals surface area contributed by atoms with Gasteiger partial charge in [0.05, 0.1) is 46.4 Å². The van der Waals surface area contributed by atoms with E-state index in [1.165, 1.54) is 23.5 Å². The largest absolute Gasteiger partial charge is 0.573 e. The normalized spacial score (nSPS) is 20.9. The van der Waals surface area contributed by atoms with Crippen molar-refractivity contribution >= 4 is 33.3 Å². The number of pyridine rings is 1. The molecule has 4 aromatic rings. The summed E-state index contributed by atoms with van der Waals surface area (Å²) >= 11 is 1.48. The van der Waals surface area contributed by atoms with E-state index in [4.69, 9.17) is 9.97 Å². The predicted octanol–water partition coefficient (Wildman–Crippen LogP) is 5.46. The molecule has 0 bridgehead atoms. The zero-order valence-corrected chi connectivity index (χ0v) is 22.8. The molecule has 1 fully saturated rings. The average molecular weight is 575 g/mol. The average Bonchev–Trinajstić information content (AvgIpc) is 3.46. The lowest BCUT2D eigenvalue weighted by Gasteiger charge is -2.22. The van der Waals surface area contributed by atoms with E-state index in [9.17, 15) is 23.4 Å². The Balaban J connectivity index is 1.45. The minimum Gasteiger partial charge on any atom is -0.406 e. The molecule has 3 heterocycles. The zero-order chi connectivity index (χ0) is 28.6. The third-order valence-electron chi connectivity index (χ3n) is 7.02. The molecule has 40 heavy (non-hydrogen) atoms. The summed E-state index contributed by atoms with van der Waals surface area (Å²) < 4.78 is 42.5. The fourth-order valence-corrected chi connectivity index (χ4v) is 5.93. The van der Waals surface area contributed by atoms with Gasteiger partial charge in [-0.3, -0.25) is 4.98 Å². The fraction of sp³-hybridized carbons (Fsp3) is 0.407. The second-order valence-corrected chi connectivity index (χ2v) is 11.0. The van der Waals surface area contributed by atoms with Crippen LogP contribution >= 0.6 is 11.3 Å². The molecule has 5 rings (SSSR count). The number of aryl methyl sites for hydroxylation is 1. The van der Waals surface area contributed by atoms with Crippen LogP contribution in [0.3, 0.4) is 0 Å². The number of nitrogens with zero attached hydrogens (tertiary/aromatic N) is 4. The van der Waals surface area contributed by atoms with Crippen LogP contribution in [0.25, 0.3) is 20.8 Å². The van der Waals surface area contributed by atoms with Gasteiger partial charge in [0.1, 0.15) is 22.1 Å². The molecule has 212 valence electrons. The molecule has 13 heteroatoms. The molecule has 4 N–H and O–H groups in total. The summed E-state index contributed by atoms with van der Waals surface area (Å²) in [5.74, 6) is 0.435. The lowest BCUT2D eigenvalue weighted by Crippen LogP contribution is -2.29.